The average molecular weight is 470 g/mol. The highest BCUT2D eigenvalue weighted by Gasteiger charge is 2.73. The summed E-state index contributed by atoms with van der Waals surface area (Å²) in [5.41, 5.74) is 5.20. The minimum Gasteiger partial charge on any atom is -0.477 e. The van der Waals surface area contributed by atoms with Gasteiger partial charge in [-0.25, -0.2) is 14.9 Å². The molecule has 3 saturated heterocycles. The Kier molecular flexibility index (Phi) is 4.60. The lowest BCUT2D eigenvalue weighted by molar-refractivity contribution is -0.131. The van der Waals surface area contributed by atoms with Crippen LogP contribution in [0.15, 0.2) is 48.8 Å². The summed E-state index contributed by atoms with van der Waals surface area (Å²) in [5, 5.41) is 10.9. The summed E-state index contributed by atoms with van der Waals surface area (Å²) in [4.78, 5) is 36.9. The zero-order chi connectivity index (χ0) is 24.4. The van der Waals surface area contributed by atoms with Crippen molar-refractivity contribution in [3.8, 4) is 11.9 Å². The van der Waals surface area contributed by atoms with Crippen molar-refractivity contribution in [1.82, 2.24) is 9.97 Å². The van der Waals surface area contributed by atoms with E-state index in [-0.39, 0.29) is 18.4 Å². The molecule has 3 aliphatic heterocycles. The van der Waals surface area contributed by atoms with Crippen LogP contribution in [0.1, 0.15) is 31.7 Å². The second kappa shape index (κ2) is 7.48. The highest BCUT2D eigenvalue weighted by molar-refractivity contribution is 6.26. The Hall–Kier alpha value is -4.03. The molecule has 2 N–H and O–H groups in total. The Morgan fingerprint density at radius 1 is 1.14 bits per heavy atom. The smallest absolute Gasteiger partial charge is 0.240 e. The molecule has 3 fully saturated rings. The van der Waals surface area contributed by atoms with Crippen LogP contribution < -0.4 is 15.4 Å². The van der Waals surface area contributed by atoms with Gasteiger partial charge in [-0.05, 0) is 31.9 Å². The summed E-state index contributed by atoms with van der Waals surface area (Å²) < 4.78 is 12.3. The summed E-state index contributed by atoms with van der Waals surface area (Å²) in [5.74, 6) is -1.01. The van der Waals surface area contributed by atoms with Gasteiger partial charge in [-0.2, -0.15) is 5.26 Å². The highest BCUT2D eigenvalue weighted by Crippen LogP contribution is 2.62. The fourth-order valence-electron chi connectivity index (χ4n) is 6.18. The van der Waals surface area contributed by atoms with Crippen LogP contribution in [-0.2, 0) is 14.3 Å². The van der Waals surface area contributed by atoms with Gasteiger partial charge in [0.05, 0.1) is 47.0 Å². The van der Waals surface area contributed by atoms with Crippen LogP contribution in [-0.4, -0.2) is 39.6 Å². The third-order valence-electron chi connectivity index (χ3n) is 7.71. The maximum absolute atomic E-state index is 13.9. The van der Waals surface area contributed by atoms with Crippen LogP contribution in [0.4, 0.5) is 11.5 Å². The van der Waals surface area contributed by atoms with Crippen LogP contribution in [0.25, 0.3) is 10.8 Å². The number of hydrogen-bond donors (Lipinski definition) is 1. The molecule has 3 aromatic rings. The SMILES string of the molecule is C[C@@]12CC[C@@](CCOc3cc(N)ncn3)(O1)[C@H]1C(=O)N(c3ccc(C#N)c4ccccc34)C(=O)[C@H]12. The Balaban J connectivity index is 1.34. The molecule has 0 unspecified atom stereocenters. The number of nitriles is 1. The van der Waals surface area contributed by atoms with Gasteiger partial charge < -0.3 is 15.2 Å². The third-order valence-corrected chi connectivity index (χ3v) is 7.71. The van der Waals surface area contributed by atoms with Gasteiger partial charge in [-0.15, -0.1) is 0 Å². The number of nitrogens with two attached hydrogens (primary N) is 1. The number of benzene rings is 2. The maximum Gasteiger partial charge on any atom is 0.240 e. The largest absolute Gasteiger partial charge is 0.477 e. The molecule has 0 radical (unpaired) electrons. The molecule has 4 heterocycles. The van der Waals surface area contributed by atoms with Crippen LogP contribution in [0.2, 0.25) is 0 Å². The number of carbonyl (C=O) groups excluding carboxylic acids is 2. The first kappa shape index (κ1) is 21.5. The van der Waals surface area contributed by atoms with E-state index in [1.807, 2.05) is 31.2 Å². The molecule has 0 spiro atoms. The molecule has 3 aliphatic rings. The van der Waals surface area contributed by atoms with Crippen molar-refractivity contribution < 1.29 is 19.1 Å². The lowest BCUT2D eigenvalue weighted by Gasteiger charge is -2.31. The minimum atomic E-state index is -0.790. The molecule has 9 heteroatoms. The number of anilines is 2. The molecule has 2 bridgehead atoms. The lowest BCUT2D eigenvalue weighted by atomic mass is 9.67. The number of hydrogen-bond acceptors (Lipinski definition) is 8. The standard InChI is InChI=1S/C26H23N5O4/c1-25-8-9-26(35-25,10-11-34-20-12-19(28)29-14-30-20)22-21(25)23(32)31(24(22)33)18-7-6-15(13-27)16-4-2-3-5-17(16)18/h2-7,12,14,21-22H,8-11H2,1H3,(H2,28,29,30)/t21-,22+,25-,26-/m0/s1. The predicted molar refractivity (Wildman–Crippen MR) is 126 cm³/mol. The lowest BCUT2D eigenvalue weighted by Crippen LogP contribution is -2.43. The van der Waals surface area contributed by atoms with Gasteiger partial charge in [-0.1, -0.05) is 24.3 Å². The molecule has 6 rings (SSSR count). The van der Waals surface area contributed by atoms with E-state index < -0.39 is 23.0 Å². The van der Waals surface area contributed by atoms with Crippen molar-refractivity contribution >= 4 is 34.1 Å². The molecular formula is C26H23N5O4. The molecule has 9 nitrogen and oxygen atoms in total. The summed E-state index contributed by atoms with van der Waals surface area (Å²) in [6, 6.07) is 14.4. The number of nitrogen functional groups attached to an aromatic ring is 1. The van der Waals surface area contributed by atoms with Crippen LogP contribution in [0, 0.1) is 23.2 Å². The van der Waals surface area contributed by atoms with E-state index in [4.69, 9.17) is 15.2 Å². The van der Waals surface area contributed by atoms with Crippen molar-refractivity contribution in [2.75, 3.05) is 17.2 Å². The van der Waals surface area contributed by atoms with E-state index in [2.05, 4.69) is 16.0 Å². The van der Waals surface area contributed by atoms with Crippen LogP contribution in [0.5, 0.6) is 5.88 Å². The first-order valence-electron chi connectivity index (χ1n) is 11.6. The number of carbonyl (C=O) groups is 2. The van der Waals surface area contributed by atoms with Crippen molar-refractivity contribution in [2.24, 2.45) is 11.8 Å². The molecule has 2 amide bonds. The highest BCUT2D eigenvalue weighted by atomic mass is 16.5. The Labute approximate surface area is 201 Å². The number of ether oxygens (including phenoxy) is 2. The zero-order valence-corrected chi connectivity index (χ0v) is 19.1. The van der Waals surface area contributed by atoms with E-state index in [1.54, 1.807) is 12.1 Å². The number of amides is 2. The van der Waals surface area contributed by atoms with Gasteiger partial charge in [0.25, 0.3) is 0 Å². The van der Waals surface area contributed by atoms with E-state index in [9.17, 15) is 14.9 Å². The Bertz CT molecular complexity index is 1430. The van der Waals surface area contributed by atoms with Crippen LogP contribution in [0.3, 0.4) is 0 Å². The topological polar surface area (TPSA) is 131 Å². The summed E-state index contributed by atoms with van der Waals surface area (Å²) in [6.45, 7) is 2.19. The van der Waals surface area contributed by atoms with E-state index in [0.717, 1.165) is 0 Å². The summed E-state index contributed by atoms with van der Waals surface area (Å²) in [7, 11) is 0. The second-order valence-electron chi connectivity index (χ2n) is 9.62. The Morgan fingerprint density at radius 2 is 1.91 bits per heavy atom. The Morgan fingerprint density at radius 3 is 2.69 bits per heavy atom. The molecule has 1 aromatic heterocycles. The first-order valence-corrected chi connectivity index (χ1v) is 11.6. The van der Waals surface area contributed by atoms with E-state index in [0.29, 0.717) is 53.0 Å². The van der Waals surface area contributed by atoms with Gasteiger partial charge in [0.2, 0.25) is 17.7 Å². The van der Waals surface area contributed by atoms with Gasteiger partial charge in [0.15, 0.2) is 0 Å². The fourth-order valence-corrected chi connectivity index (χ4v) is 6.18. The number of imide groups is 1. The molecule has 176 valence electrons. The average Bonchev–Trinajstić information content (AvgIpc) is 3.43. The van der Waals surface area contributed by atoms with Crippen molar-refractivity contribution in [2.45, 2.75) is 37.4 Å². The summed E-state index contributed by atoms with van der Waals surface area (Å²) in [6.07, 6.45) is 3.13. The van der Waals surface area contributed by atoms with E-state index in [1.165, 1.54) is 17.3 Å². The minimum absolute atomic E-state index is 0.247. The molecule has 35 heavy (non-hydrogen) atoms. The monoisotopic (exact) mass is 469 g/mol. The molecule has 0 aliphatic carbocycles. The quantitative estimate of drug-likeness (QED) is 0.564. The summed E-state index contributed by atoms with van der Waals surface area (Å²) >= 11 is 0. The van der Waals surface area contributed by atoms with Crippen molar-refractivity contribution in [3.05, 3.63) is 54.4 Å². The van der Waals surface area contributed by atoms with Gasteiger partial charge in [0, 0.05) is 23.3 Å². The first-order chi connectivity index (χ1) is 16.9. The fraction of sp³-hybridized carbons (Fsp3) is 0.346. The molecular weight excluding hydrogens is 446 g/mol. The van der Waals surface area contributed by atoms with Gasteiger partial charge >= 0.3 is 0 Å². The number of fused-ring (bicyclic) bond motifs is 6. The van der Waals surface area contributed by atoms with Crippen molar-refractivity contribution in [3.63, 3.8) is 0 Å². The van der Waals surface area contributed by atoms with Crippen LogP contribution >= 0.6 is 0 Å². The van der Waals surface area contributed by atoms with Crippen molar-refractivity contribution in [1.29, 1.82) is 5.26 Å². The normalized spacial score (nSPS) is 29.0. The molecule has 0 saturated carbocycles. The molecule has 4 atom stereocenters. The second-order valence-corrected chi connectivity index (χ2v) is 9.62. The van der Waals surface area contributed by atoms with Gasteiger partial charge in [-0.3, -0.25) is 9.59 Å². The number of nitrogens with zero attached hydrogens (tertiary/aromatic N) is 4. The number of rotatable bonds is 5. The maximum atomic E-state index is 13.9. The number of aromatic nitrogens is 2. The predicted octanol–water partition coefficient (Wildman–Crippen LogP) is 2.98. The zero-order valence-electron chi connectivity index (χ0n) is 19.1. The van der Waals surface area contributed by atoms with Gasteiger partial charge in [0.1, 0.15) is 12.1 Å². The van der Waals surface area contributed by atoms with E-state index >= 15 is 0 Å². The molecule has 2 aromatic carbocycles. The third kappa shape index (κ3) is 3.03.